The maximum Gasteiger partial charge on any atom is 0.293 e. The number of amides is 1. The Morgan fingerprint density at radius 3 is 2.47 bits per heavy atom. The van der Waals surface area contributed by atoms with Crippen LogP contribution in [0.2, 0.25) is 0 Å². The molecule has 0 fully saturated rings. The molecular weight excluding hydrogens is 312 g/mol. The van der Waals surface area contributed by atoms with Crippen molar-refractivity contribution in [3.63, 3.8) is 0 Å². The first-order valence-electron chi connectivity index (χ1n) is 5.38. The molecule has 19 heavy (non-hydrogen) atoms. The Labute approximate surface area is 117 Å². The van der Waals surface area contributed by atoms with E-state index in [-0.39, 0.29) is 17.3 Å². The van der Waals surface area contributed by atoms with Crippen LogP contribution in [0.4, 0.5) is 11.4 Å². The van der Waals surface area contributed by atoms with Gasteiger partial charge in [0.25, 0.3) is 11.6 Å². The van der Waals surface area contributed by atoms with Gasteiger partial charge in [-0.3, -0.25) is 14.9 Å². The van der Waals surface area contributed by atoms with E-state index in [0.717, 1.165) is 0 Å². The lowest BCUT2D eigenvalue weighted by atomic mass is 10.2. The molecule has 0 aliphatic carbocycles. The average molecular weight is 321 g/mol. The summed E-state index contributed by atoms with van der Waals surface area (Å²) in [6, 6.07) is 13.0. The van der Waals surface area contributed by atoms with E-state index in [2.05, 4.69) is 21.2 Å². The van der Waals surface area contributed by atoms with Crippen LogP contribution in [0, 0.1) is 10.1 Å². The summed E-state index contributed by atoms with van der Waals surface area (Å²) in [6.45, 7) is 0. The van der Waals surface area contributed by atoms with Gasteiger partial charge in [-0.15, -0.1) is 0 Å². The van der Waals surface area contributed by atoms with Gasteiger partial charge in [0.15, 0.2) is 0 Å². The van der Waals surface area contributed by atoms with Crippen LogP contribution < -0.4 is 5.32 Å². The fourth-order valence-corrected chi connectivity index (χ4v) is 1.89. The molecule has 6 heteroatoms. The highest BCUT2D eigenvalue weighted by molar-refractivity contribution is 9.10. The first kappa shape index (κ1) is 13.2. The van der Waals surface area contributed by atoms with Gasteiger partial charge >= 0.3 is 0 Å². The zero-order valence-electron chi connectivity index (χ0n) is 9.67. The molecule has 2 rings (SSSR count). The van der Waals surface area contributed by atoms with Crippen LogP contribution in [-0.4, -0.2) is 10.8 Å². The van der Waals surface area contributed by atoms with Crippen LogP contribution in [0.25, 0.3) is 0 Å². The maximum atomic E-state index is 11.9. The fourth-order valence-electron chi connectivity index (χ4n) is 1.55. The lowest BCUT2D eigenvalue weighted by Crippen LogP contribution is -2.12. The van der Waals surface area contributed by atoms with Gasteiger partial charge in [0.05, 0.1) is 4.92 Å². The third-order valence-electron chi connectivity index (χ3n) is 2.44. The van der Waals surface area contributed by atoms with E-state index in [1.54, 1.807) is 36.4 Å². The van der Waals surface area contributed by atoms with E-state index < -0.39 is 4.92 Å². The molecule has 0 heterocycles. The number of hydrogen-bond donors (Lipinski definition) is 1. The van der Waals surface area contributed by atoms with Gasteiger partial charge in [-0.05, 0) is 24.3 Å². The number of carbonyl (C=O) groups excluding carboxylic acids is 1. The smallest absolute Gasteiger partial charge is 0.293 e. The van der Waals surface area contributed by atoms with Gasteiger partial charge in [-0.2, -0.15) is 0 Å². The molecule has 2 aromatic carbocycles. The van der Waals surface area contributed by atoms with E-state index in [1.807, 2.05) is 0 Å². The second-order valence-electron chi connectivity index (χ2n) is 3.74. The number of nitrogens with one attached hydrogen (secondary N) is 1. The third-order valence-corrected chi connectivity index (χ3v) is 2.93. The van der Waals surface area contributed by atoms with Gasteiger partial charge in [0.1, 0.15) is 5.69 Å². The van der Waals surface area contributed by atoms with Gasteiger partial charge in [0, 0.05) is 16.1 Å². The van der Waals surface area contributed by atoms with Gasteiger partial charge in [-0.25, -0.2) is 0 Å². The summed E-state index contributed by atoms with van der Waals surface area (Å²) in [7, 11) is 0. The minimum Gasteiger partial charge on any atom is -0.316 e. The van der Waals surface area contributed by atoms with Crippen molar-refractivity contribution in [3.8, 4) is 0 Å². The molecule has 0 aliphatic rings. The molecule has 0 aromatic heterocycles. The minimum atomic E-state index is -0.536. The molecule has 1 N–H and O–H groups in total. The predicted octanol–water partition coefficient (Wildman–Crippen LogP) is 3.61. The highest BCUT2D eigenvalue weighted by Gasteiger charge is 2.16. The summed E-state index contributed by atoms with van der Waals surface area (Å²) < 4.78 is 0.580. The van der Waals surface area contributed by atoms with E-state index in [4.69, 9.17) is 0 Å². The standard InChI is InChI=1S/C13H9BrN2O3/c14-10-6-7-11(12(8-10)16(18)19)15-13(17)9-4-2-1-3-5-9/h1-8H,(H,15,17). The lowest BCUT2D eigenvalue weighted by molar-refractivity contribution is -0.384. The van der Waals surface area contributed by atoms with Crippen molar-refractivity contribution in [3.05, 3.63) is 68.7 Å². The largest absolute Gasteiger partial charge is 0.316 e. The lowest BCUT2D eigenvalue weighted by Gasteiger charge is -2.06. The Morgan fingerprint density at radius 2 is 1.84 bits per heavy atom. The second kappa shape index (κ2) is 5.62. The normalized spacial score (nSPS) is 9.95. The van der Waals surface area contributed by atoms with Crippen LogP contribution in [0.1, 0.15) is 10.4 Å². The Hall–Kier alpha value is -2.21. The van der Waals surface area contributed by atoms with Crippen LogP contribution in [0.15, 0.2) is 53.0 Å². The van der Waals surface area contributed by atoms with Gasteiger partial charge in [0.2, 0.25) is 0 Å². The van der Waals surface area contributed by atoms with Crippen LogP contribution >= 0.6 is 15.9 Å². The summed E-state index contributed by atoms with van der Waals surface area (Å²) in [6.07, 6.45) is 0. The van der Waals surface area contributed by atoms with Crippen molar-refractivity contribution >= 4 is 33.2 Å². The number of benzene rings is 2. The first-order chi connectivity index (χ1) is 9.08. The number of nitrogens with zero attached hydrogens (tertiary/aromatic N) is 1. The van der Waals surface area contributed by atoms with E-state index >= 15 is 0 Å². The Bertz CT molecular complexity index is 629. The maximum absolute atomic E-state index is 11.9. The molecule has 0 saturated carbocycles. The van der Waals surface area contributed by atoms with E-state index in [0.29, 0.717) is 10.0 Å². The van der Waals surface area contributed by atoms with Crippen molar-refractivity contribution in [2.75, 3.05) is 5.32 Å². The molecule has 0 saturated heterocycles. The van der Waals surface area contributed by atoms with E-state index in [9.17, 15) is 14.9 Å². The van der Waals surface area contributed by atoms with Crippen LogP contribution in [0.3, 0.4) is 0 Å². The Morgan fingerprint density at radius 1 is 1.16 bits per heavy atom. The molecule has 0 spiro atoms. The quantitative estimate of drug-likeness (QED) is 0.693. The van der Waals surface area contributed by atoms with Crippen LogP contribution in [0.5, 0.6) is 0 Å². The third kappa shape index (κ3) is 3.17. The number of nitro benzene ring substituents is 1. The van der Waals surface area contributed by atoms with Crippen molar-refractivity contribution in [2.24, 2.45) is 0 Å². The van der Waals surface area contributed by atoms with E-state index in [1.165, 1.54) is 12.1 Å². The van der Waals surface area contributed by atoms with Gasteiger partial charge in [-0.1, -0.05) is 34.1 Å². The zero-order valence-corrected chi connectivity index (χ0v) is 11.3. The molecule has 5 nitrogen and oxygen atoms in total. The summed E-state index contributed by atoms with van der Waals surface area (Å²) in [5.74, 6) is -0.383. The number of anilines is 1. The molecule has 96 valence electrons. The molecular formula is C13H9BrN2O3. The number of hydrogen-bond acceptors (Lipinski definition) is 3. The average Bonchev–Trinajstić information content (AvgIpc) is 2.41. The minimum absolute atomic E-state index is 0.154. The van der Waals surface area contributed by atoms with Crippen LogP contribution in [-0.2, 0) is 0 Å². The number of nitro groups is 1. The molecule has 0 bridgehead atoms. The molecule has 2 aromatic rings. The highest BCUT2D eigenvalue weighted by atomic mass is 79.9. The molecule has 0 radical (unpaired) electrons. The second-order valence-corrected chi connectivity index (χ2v) is 4.65. The predicted molar refractivity (Wildman–Crippen MR) is 75.2 cm³/mol. The number of rotatable bonds is 3. The number of carbonyl (C=O) groups is 1. The summed E-state index contributed by atoms with van der Waals surface area (Å²) in [5.41, 5.74) is 0.459. The highest BCUT2D eigenvalue weighted by Crippen LogP contribution is 2.28. The number of halogens is 1. The molecule has 0 atom stereocenters. The van der Waals surface area contributed by atoms with Gasteiger partial charge < -0.3 is 5.32 Å². The topological polar surface area (TPSA) is 72.2 Å². The zero-order chi connectivity index (χ0) is 13.8. The summed E-state index contributed by atoms with van der Waals surface area (Å²) >= 11 is 3.16. The first-order valence-corrected chi connectivity index (χ1v) is 6.17. The Balaban J connectivity index is 2.29. The molecule has 0 unspecified atom stereocenters. The summed E-state index contributed by atoms with van der Waals surface area (Å²) in [5, 5.41) is 13.5. The van der Waals surface area contributed by atoms with Crippen molar-refractivity contribution in [1.29, 1.82) is 0 Å². The monoisotopic (exact) mass is 320 g/mol. The molecule has 1 amide bonds. The summed E-state index contributed by atoms with van der Waals surface area (Å²) in [4.78, 5) is 22.3. The van der Waals surface area contributed by atoms with Crippen molar-refractivity contribution in [2.45, 2.75) is 0 Å². The Kier molecular flexibility index (Phi) is 3.91. The van der Waals surface area contributed by atoms with Crippen molar-refractivity contribution < 1.29 is 9.72 Å². The molecule has 0 aliphatic heterocycles. The van der Waals surface area contributed by atoms with Crippen molar-refractivity contribution in [1.82, 2.24) is 0 Å². The fraction of sp³-hybridized carbons (Fsp3) is 0. The SMILES string of the molecule is O=C(Nc1ccc(Br)cc1[N+](=O)[O-])c1ccccc1.